The molecular formula is C20H14BrN3O2. The number of pyridine rings is 1. The summed E-state index contributed by atoms with van der Waals surface area (Å²) in [7, 11) is 0. The zero-order valence-electron chi connectivity index (χ0n) is 13.6. The number of aromatic nitrogens is 2. The van der Waals surface area contributed by atoms with Gasteiger partial charge in [0.15, 0.2) is 0 Å². The minimum absolute atomic E-state index is 0.212. The number of halogens is 1. The summed E-state index contributed by atoms with van der Waals surface area (Å²) in [6, 6.07) is 18.5. The first kappa shape index (κ1) is 16.4. The summed E-state index contributed by atoms with van der Waals surface area (Å²) in [5, 5.41) is 3.86. The van der Waals surface area contributed by atoms with Gasteiger partial charge in [-0.05, 0) is 58.4 Å². The van der Waals surface area contributed by atoms with Crippen LogP contribution in [0.2, 0.25) is 0 Å². The van der Waals surface area contributed by atoms with E-state index in [1.807, 2.05) is 24.3 Å². The maximum Gasteiger partial charge on any atom is 0.273 e. The zero-order chi connectivity index (χ0) is 17.9. The highest BCUT2D eigenvalue weighted by Gasteiger charge is 2.15. The fraction of sp³-hybridized carbons (Fsp3) is 0. The molecule has 0 unspecified atom stereocenters. The van der Waals surface area contributed by atoms with Gasteiger partial charge < -0.3 is 15.0 Å². The summed E-state index contributed by atoms with van der Waals surface area (Å²) in [4.78, 5) is 19.7. The number of carbonyl (C=O) groups excluding carboxylic acids is 1. The van der Waals surface area contributed by atoms with Gasteiger partial charge in [-0.1, -0.05) is 18.2 Å². The lowest BCUT2D eigenvalue weighted by Gasteiger charge is -2.07. The summed E-state index contributed by atoms with van der Waals surface area (Å²) in [5.74, 6) is 1.18. The first-order valence-electron chi connectivity index (χ1n) is 7.96. The Morgan fingerprint density at radius 2 is 1.65 bits per heavy atom. The van der Waals surface area contributed by atoms with Crippen molar-refractivity contribution in [2.24, 2.45) is 0 Å². The third-order valence-electron chi connectivity index (χ3n) is 3.87. The third-order valence-corrected chi connectivity index (χ3v) is 4.69. The number of benzene rings is 2. The van der Waals surface area contributed by atoms with Gasteiger partial charge >= 0.3 is 0 Å². The van der Waals surface area contributed by atoms with Crippen LogP contribution in [0.5, 0.6) is 11.5 Å². The SMILES string of the molecule is O=C(Nc1ccc(Oc2ccncc2)cc1)c1[nH]c2ccccc2c1Br. The van der Waals surface area contributed by atoms with E-state index < -0.39 is 0 Å². The number of amides is 1. The molecule has 0 bridgehead atoms. The molecular weight excluding hydrogens is 394 g/mol. The monoisotopic (exact) mass is 407 g/mol. The van der Waals surface area contributed by atoms with Crippen molar-refractivity contribution in [1.82, 2.24) is 9.97 Å². The molecule has 0 radical (unpaired) electrons. The molecule has 0 saturated heterocycles. The van der Waals surface area contributed by atoms with E-state index >= 15 is 0 Å². The van der Waals surface area contributed by atoms with Crippen molar-refractivity contribution in [3.63, 3.8) is 0 Å². The Hall–Kier alpha value is -3.12. The number of fused-ring (bicyclic) bond motifs is 1. The number of aromatic amines is 1. The van der Waals surface area contributed by atoms with Crippen LogP contribution in [0.3, 0.4) is 0 Å². The molecule has 2 heterocycles. The molecule has 0 aliphatic rings. The second-order valence-electron chi connectivity index (χ2n) is 5.62. The Morgan fingerprint density at radius 1 is 0.962 bits per heavy atom. The van der Waals surface area contributed by atoms with Gasteiger partial charge in [0.05, 0.1) is 4.47 Å². The molecule has 0 aliphatic carbocycles. The van der Waals surface area contributed by atoms with E-state index in [4.69, 9.17) is 4.74 Å². The minimum atomic E-state index is -0.212. The van der Waals surface area contributed by atoms with Gasteiger partial charge in [-0.3, -0.25) is 9.78 Å². The van der Waals surface area contributed by atoms with Crippen LogP contribution in [0.15, 0.2) is 77.5 Å². The van der Waals surface area contributed by atoms with Gasteiger partial charge in [-0.15, -0.1) is 0 Å². The van der Waals surface area contributed by atoms with Crippen LogP contribution >= 0.6 is 15.9 Å². The predicted octanol–water partition coefficient (Wildman–Crippen LogP) is 5.37. The lowest BCUT2D eigenvalue weighted by Crippen LogP contribution is -2.12. The van der Waals surface area contributed by atoms with Crippen molar-refractivity contribution in [3.05, 3.63) is 83.2 Å². The molecule has 128 valence electrons. The molecule has 0 spiro atoms. The summed E-state index contributed by atoms with van der Waals surface area (Å²) in [5.41, 5.74) is 2.08. The number of nitrogens with one attached hydrogen (secondary N) is 2. The summed E-state index contributed by atoms with van der Waals surface area (Å²) >= 11 is 3.50. The van der Waals surface area contributed by atoms with Crippen molar-refractivity contribution < 1.29 is 9.53 Å². The molecule has 4 rings (SSSR count). The standard InChI is InChI=1S/C20H14BrN3O2/c21-18-16-3-1-2-4-17(16)24-19(18)20(25)23-13-5-7-14(8-6-13)26-15-9-11-22-12-10-15/h1-12,24H,(H,23,25). The molecule has 0 saturated carbocycles. The van der Waals surface area contributed by atoms with E-state index in [9.17, 15) is 4.79 Å². The van der Waals surface area contributed by atoms with Gasteiger partial charge in [0.2, 0.25) is 0 Å². The van der Waals surface area contributed by atoms with Gasteiger partial charge in [-0.25, -0.2) is 0 Å². The van der Waals surface area contributed by atoms with Gasteiger partial charge in [-0.2, -0.15) is 0 Å². The average Bonchev–Trinajstić information content (AvgIpc) is 3.01. The highest BCUT2D eigenvalue weighted by molar-refractivity contribution is 9.10. The maximum absolute atomic E-state index is 12.6. The Bertz CT molecular complexity index is 1060. The van der Waals surface area contributed by atoms with E-state index in [0.717, 1.165) is 15.4 Å². The largest absolute Gasteiger partial charge is 0.457 e. The van der Waals surface area contributed by atoms with E-state index in [0.29, 0.717) is 22.9 Å². The quantitative estimate of drug-likeness (QED) is 0.477. The number of ether oxygens (including phenoxy) is 1. The van der Waals surface area contributed by atoms with Crippen LogP contribution in [0.25, 0.3) is 10.9 Å². The first-order chi connectivity index (χ1) is 12.7. The minimum Gasteiger partial charge on any atom is -0.457 e. The van der Waals surface area contributed by atoms with Crippen LogP contribution in [0.4, 0.5) is 5.69 Å². The third kappa shape index (κ3) is 3.32. The predicted molar refractivity (Wildman–Crippen MR) is 105 cm³/mol. The number of anilines is 1. The van der Waals surface area contributed by atoms with Gasteiger partial charge in [0, 0.05) is 29.0 Å². The van der Waals surface area contributed by atoms with Crippen molar-refractivity contribution in [3.8, 4) is 11.5 Å². The van der Waals surface area contributed by atoms with Crippen LogP contribution in [0, 0.1) is 0 Å². The van der Waals surface area contributed by atoms with Crippen LogP contribution in [0.1, 0.15) is 10.5 Å². The summed E-state index contributed by atoms with van der Waals surface area (Å²) in [6.07, 6.45) is 3.34. The smallest absolute Gasteiger partial charge is 0.273 e. The van der Waals surface area contributed by atoms with E-state index in [-0.39, 0.29) is 5.91 Å². The van der Waals surface area contributed by atoms with E-state index in [1.165, 1.54) is 0 Å². The molecule has 6 heteroatoms. The van der Waals surface area contributed by atoms with Crippen molar-refractivity contribution in [2.45, 2.75) is 0 Å². The van der Waals surface area contributed by atoms with Crippen LogP contribution in [-0.4, -0.2) is 15.9 Å². The lowest BCUT2D eigenvalue weighted by molar-refractivity contribution is 0.102. The Labute approximate surface area is 158 Å². The fourth-order valence-electron chi connectivity index (χ4n) is 2.61. The second kappa shape index (κ2) is 7.01. The highest BCUT2D eigenvalue weighted by atomic mass is 79.9. The topological polar surface area (TPSA) is 67.0 Å². The van der Waals surface area contributed by atoms with E-state index in [1.54, 1.807) is 48.8 Å². The number of para-hydroxylation sites is 1. The molecule has 1 amide bonds. The number of hydrogen-bond donors (Lipinski definition) is 2. The Balaban J connectivity index is 1.49. The number of hydrogen-bond acceptors (Lipinski definition) is 3. The van der Waals surface area contributed by atoms with Crippen molar-refractivity contribution >= 4 is 38.4 Å². The highest BCUT2D eigenvalue weighted by Crippen LogP contribution is 2.28. The van der Waals surface area contributed by atoms with E-state index in [2.05, 4.69) is 31.2 Å². The molecule has 0 aliphatic heterocycles. The summed E-state index contributed by atoms with van der Waals surface area (Å²) < 4.78 is 6.47. The van der Waals surface area contributed by atoms with Crippen molar-refractivity contribution in [2.75, 3.05) is 5.32 Å². The molecule has 0 fully saturated rings. The first-order valence-corrected chi connectivity index (χ1v) is 8.75. The molecule has 2 aromatic heterocycles. The van der Waals surface area contributed by atoms with Crippen LogP contribution in [-0.2, 0) is 0 Å². The fourth-order valence-corrected chi connectivity index (χ4v) is 3.23. The maximum atomic E-state index is 12.6. The lowest BCUT2D eigenvalue weighted by atomic mass is 10.2. The number of rotatable bonds is 4. The Kier molecular flexibility index (Phi) is 4.41. The number of H-pyrrole nitrogens is 1. The zero-order valence-corrected chi connectivity index (χ0v) is 15.2. The average molecular weight is 408 g/mol. The molecule has 2 N–H and O–H groups in total. The van der Waals surface area contributed by atoms with Gasteiger partial charge in [0.1, 0.15) is 17.2 Å². The normalized spacial score (nSPS) is 10.7. The molecule has 2 aromatic carbocycles. The number of carbonyl (C=O) groups is 1. The number of nitrogens with zero attached hydrogens (tertiary/aromatic N) is 1. The summed E-state index contributed by atoms with van der Waals surface area (Å²) in [6.45, 7) is 0. The Morgan fingerprint density at radius 3 is 2.38 bits per heavy atom. The van der Waals surface area contributed by atoms with Crippen LogP contribution < -0.4 is 10.1 Å². The molecule has 4 aromatic rings. The molecule has 26 heavy (non-hydrogen) atoms. The second-order valence-corrected chi connectivity index (χ2v) is 6.42. The molecule has 5 nitrogen and oxygen atoms in total. The van der Waals surface area contributed by atoms with Crippen molar-refractivity contribution in [1.29, 1.82) is 0 Å². The van der Waals surface area contributed by atoms with Gasteiger partial charge in [0.25, 0.3) is 5.91 Å². The molecule has 0 atom stereocenters.